The number of piperazine rings is 1. The standard InChI is InChI=1S/C13H19ClN2O2.ClH/c14-11-3-1-2-10(13(11)18)12(4-9-17)16-7-5-15-6-8-16;/h1-3,12,15,17-18H,4-9H2;1H/t12-;/m1./s1. The van der Waals surface area contributed by atoms with Gasteiger partial charge in [0.15, 0.2) is 0 Å². The summed E-state index contributed by atoms with van der Waals surface area (Å²) in [5, 5.41) is 23.0. The molecule has 1 heterocycles. The molecule has 0 spiro atoms. The molecule has 4 nitrogen and oxygen atoms in total. The van der Waals surface area contributed by atoms with Gasteiger partial charge in [0.05, 0.1) is 5.02 Å². The van der Waals surface area contributed by atoms with E-state index in [2.05, 4.69) is 10.2 Å². The Balaban J connectivity index is 0.00000180. The molecule has 0 aromatic heterocycles. The number of aliphatic hydroxyl groups excluding tert-OH is 1. The number of nitrogens with zero attached hydrogens (tertiary/aromatic N) is 1. The molecule has 0 bridgehead atoms. The molecule has 0 radical (unpaired) electrons. The number of hydrogen-bond donors (Lipinski definition) is 3. The highest BCUT2D eigenvalue weighted by Gasteiger charge is 2.24. The van der Waals surface area contributed by atoms with Crippen LogP contribution in [0.4, 0.5) is 0 Å². The molecule has 1 aliphatic heterocycles. The van der Waals surface area contributed by atoms with E-state index in [1.54, 1.807) is 6.07 Å². The van der Waals surface area contributed by atoms with Gasteiger partial charge in [0, 0.05) is 44.4 Å². The first kappa shape index (κ1) is 16.5. The van der Waals surface area contributed by atoms with Gasteiger partial charge in [-0.2, -0.15) is 0 Å². The average molecular weight is 307 g/mol. The van der Waals surface area contributed by atoms with Gasteiger partial charge in [-0.15, -0.1) is 12.4 Å². The number of rotatable bonds is 4. The minimum absolute atomic E-state index is 0. The first-order valence-electron chi connectivity index (χ1n) is 6.27. The molecule has 1 atom stereocenters. The van der Waals surface area contributed by atoms with Gasteiger partial charge in [-0.25, -0.2) is 0 Å². The van der Waals surface area contributed by atoms with E-state index in [1.165, 1.54) is 0 Å². The molecule has 0 aliphatic carbocycles. The predicted octanol–water partition coefficient (Wildman–Crippen LogP) is 1.80. The number of aliphatic hydroxyl groups is 1. The SMILES string of the molecule is Cl.OCC[C@H](c1cccc(Cl)c1O)N1CCNCC1. The monoisotopic (exact) mass is 306 g/mol. The Hall–Kier alpha value is -0.520. The van der Waals surface area contributed by atoms with E-state index in [0.717, 1.165) is 31.7 Å². The fourth-order valence-electron chi connectivity index (χ4n) is 2.45. The quantitative estimate of drug-likeness (QED) is 0.794. The van der Waals surface area contributed by atoms with Crippen molar-refractivity contribution in [1.29, 1.82) is 0 Å². The van der Waals surface area contributed by atoms with Crippen LogP contribution in [0.1, 0.15) is 18.0 Å². The Morgan fingerprint density at radius 1 is 1.32 bits per heavy atom. The van der Waals surface area contributed by atoms with Gasteiger partial charge in [0.2, 0.25) is 0 Å². The number of hydrogen-bond acceptors (Lipinski definition) is 4. The maximum absolute atomic E-state index is 10.1. The maximum Gasteiger partial charge on any atom is 0.138 e. The lowest BCUT2D eigenvalue weighted by Gasteiger charge is -2.35. The van der Waals surface area contributed by atoms with E-state index in [1.807, 2.05) is 12.1 Å². The first-order chi connectivity index (χ1) is 8.74. The predicted molar refractivity (Wildman–Crippen MR) is 79.3 cm³/mol. The molecule has 0 amide bonds. The highest BCUT2D eigenvalue weighted by molar-refractivity contribution is 6.32. The summed E-state index contributed by atoms with van der Waals surface area (Å²) in [6.07, 6.45) is 0.605. The third-order valence-corrected chi connectivity index (χ3v) is 3.68. The van der Waals surface area contributed by atoms with Crippen LogP contribution in [0.15, 0.2) is 18.2 Å². The van der Waals surface area contributed by atoms with Gasteiger partial charge in [-0.1, -0.05) is 23.7 Å². The second-order valence-electron chi connectivity index (χ2n) is 4.49. The van der Waals surface area contributed by atoms with Crippen LogP contribution >= 0.6 is 24.0 Å². The zero-order valence-electron chi connectivity index (χ0n) is 10.7. The van der Waals surface area contributed by atoms with E-state index >= 15 is 0 Å². The molecule has 2 rings (SSSR count). The summed E-state index contributed by atoms with van der Waals surface area (Å²) in [6.45, 7) is 3.79. The molecular formula is C13H20Cl2N2O2. The van der Waals surface area contributed by atoms with E-state index in [0.29, 0.717) is 11.4 Å². The lowest BCUT2D eigenvalue weighted by molar-refractivity contribution is 0.139. The highest BCUT2D eigenvalue weighted by Crippen LogP contribution is 2.35. The van der Waals surface area contributed by atoms with Crippen molar-refractivity contribution < 1.29 is 10.2 Å². The van der Waals surface area contributed by atoms with Crippen LogP contribution in [0.5, 0.6) is 5.75 Å². The molecule has 0 saturated carbocycles. The lowest BCUT2D eigenvalue weighted by Crippen LogP contribution is -2.45. The van der Waals surface area contributed by atoms with Crippen molar-refractivity contribution in [2.24, 2.45) is 0 Å². The van der Waals surface area contributed by atoms with E-state index in [9.17, 15) is 10.2 Å². The second-order valence-corrected chi connectivity index (χ2v) is 4.90. The van der Waals surface area contributed by atoms with Crippen LogP contribution in [0.25, 0.3) is 0 Å². The maximum atomic E-state index is 10.1. The van der Waals surface area contributed by atoms with Crippen LogP contribution in [-0.2, 0) is 0 Å². The van der Waals surface area contributed by atoms with Crippen LogP contribution in [0, 0.1) is 0 Å². The van der Waals surface area contributed by atoms with Gasteiger partial charge in [-0.3, -0.25) is 4.90 Å². The fourth-order valence-corrected chi connectivity index (χ4v) is 2.63. The summed E-state index contributed by atoms with van der Waals surface area (Å²) < 4.78 is 0. The molecule has 3 N–H and O–H groups in total. The van der Waals surface area contributed by atoms with Crippen molar-refractivity contribution >= 4 is 24.0 Å². The summed E-state index contributed by atoms with van der Waals surface area (Å²) in [5.74, 6) is 0.135. The summed E-state index contributed by atoms with van der Waals surface area (Å²) in [6, 6.07) is 5.41. The minimum Gasteiger partial charge on any atom is -0.506 e. The number of phenolic OH excluding ortho intramolecular Hbond substituents is 1. The lowest BCUT2D eigenvalue weighted by atomic mass is 10.0. The molecule has 1 saturated heterocycles. The van der Waals surface area contributed by atoms with Crippen molar-refractivity contribution in [3.05, 3.63) is 28.8 Å². The molecule has 1 aromatic carbocycles. The van der Waals surface area contributed by atoms with Crippen LogP contribution in [0.3, 0.4) is 0 Å². The zero-order valence-corrected chi connectivity index (χ0v) is 12.3. The number of nitrogens with one attached hydrogen (secondary N) is 1. The summed E-state index contributed by atoms with van der Waals surface area (Å²) >= 11 is 5.95. The smallest absolute Gasteiger partial charge is 0.138 e. The summed E-state index contributed by atoms with van der Waals surface area (Å²) in [4.78, 5) is 2.28. The highest BCUT2D eigenvalue weighted by atomic mass is 35.5. The molecule has 6 heteroatoms. The van der Waals surface area contributed by atoms with E-state index in [-0.39, 0.29) is 30.8 Å². The molecule has 19 heavy (non-hydrogen) atoms. The number of halogens is 2. The summed E-state index contributed by atoms with van der Waals surface area (Å²) in [5.41, 5.74) is 0.804. The van der Waals surface area contributed by atoms with Gasteiger partial charge in [0.25, 0.3) is 0 Å². The second kappa shape index (κ2) is 7.92. The number of para-hydroxylation sites is 1. The minimum atomic E-state index is 0. The van der Waals surface area contributed by atoms with Gasteiger partial charge in [0.1, 0.15) is 5.75 Å². The van der Waals surface area contributed by atoms with Crippen molar-refractivity contribution in [3.8, 4) is 5.75 Å². The number of phenols is 1. The zero-order chi connectivity index (χ0) is 13.0. The number of aromatic hydroxyl groups is 1. The van der Waals surface area contributed by atoms with Crippen molar-refractivity contribution in [1.82, 2.24) is 10.2 Å². The van der Waals surface area contributed by atoms with E-state index < -0.39 is 0 Å². The first-order valence-corrected chi connectivity index (χ1v) is 6.65. The molecule has 1 aliphatic rings. The van der Waals surface area contributed by atoms with Crippen molar-refractivity contribution in [2.75, 3.05) is 32.8 Å². The Kier molecular flexibility index (Phi) is 6.89. The average Bonchev–Trinajstić information content (AvgIpc) is 2.41. The van der Waals surface area contributed by atoms with Crippen LogP contribution < -0.4 is 5.32 Å². The molecular weight excluding hydrogens is 287 g/mol. The van der Waals surface area contributed by atoms with Crippen molar-refractivity contribution in [2.45, 2.75) is 12.5 Å². The Morgan fingerprint density at radius 2 is 2.00 bits per heavy atom. The Morgan fingerprint density at radius 3 is 2.63 bits per heavy atom. The topological polar surface area (TPSA) is 55.7 Å². The van der Waals surface area contributed by atoms with Crippen LogP contribution in [0.2, 0.25) is 5.02 Å². The fraction of sp³-hybridized carbons (Fsp3) is 0.538. The third kappa shape index (κ3) is 3.97. The molecule has 108 valence electrons. The van der Waals surface area contributed by atoms with E-state index in [4.69, 9.17) is 11.6 Å². The third-order valence-electron chi connectivity index (χ3n) is 3.37. The number of benzene rings is 1. The molecule has 0 unspecified atom stereocenters. The van der Waals surface area contributed by atoms with Crippen molar-refractivity contribution in [3.63, 3.8) is 0 Å². The largest absolute Gasteiger partial charge is 0.506 e. The molecule has 1 aromatic rings. The Labute approximate surface area is 124 Å². The van der Waals surface area contributed by atoms with Gasteiger partial charge in [-0.05, 0) is 12.5 Å². The van der Waals surface area contributed by atoms with Gasteiger partial charge < -0.3 is 15.5 Å². The molecule has 1 fully saturated rings. The Bertz CT molecular complexity index is 398. The summed E-state index contributed by atoms with van der Waals surface area (Å²) in [7, 11) is 0. The van der Waals surface area contributed by atoms with Crippen LogP contribution in [-0.4, -0.2) is 47.9 Å². The van der Waals surface area contributed by atoms with Gasteiger partial charge >= 0.3 is 0 Å². The normalized spacial score (nSPS) is 17.8.